The summed E-state index contributed by atoms with van der Waals surface area (Å²) in [5, 5.41) is -0.637. The molecule has 4 atom stereocenters. The first-order valence-corrected chi connectivity index (χ1v) is 12.0. The molecule has 5 heteroatoms. The van der Waals surface area contributed by atoms with E-state index in [9.17, 15) is 17.6 Å². The van der Waals surface area contributed by atoms with Crippen LogP contribution < -0.4 is 0 Å². The number of hydrogen-bond donors (Lipinski definition) is 0. The molecule has 0 N–H and O–H groups in total. The van der Waals surface area contributed by atoms with Crippen molar-refractivity contribution in [2.75, 3.05) is 0 Å². The summed E-state index contributed by atoms with van der Waals surface area (Å²) >= 11 is 5.46. The van der Waals surface area contributed by atoms with Gasteiger partial charge in [-0.05, 0) is 98.4 Å². The number of allylic oxidation sites excluding steroid dienone is 1. The van der Waals surface area contributed by atoms with E-state index in [2.05, 4.69) is 18.4 Å². The Morgan fingerprint density at radius 2 is 1.48 bits per heavy atom. The molecule has 174 valence electrons. The molecule has 4 rings (SSSR count). The first kappa shape index (κ1) is 23.9. The lowest BCUT2D eigenvalue weighted by atomic mass is 9.63. The Labute approximate surface area is 198 Å². The van der Waals surface area contributed by atoms with Gasteiger partial charge in [-0.1, -0.05) is 35.9 Å². The van der Waals surface area contributed by atoms with Gasteiger partial charge in [0.25, 0.3) is 0 Å². The van der Waals surface area contributed by atoms with E-state index in [0.717, 1.165) is 43.7 Å². The summed E-state index contributed by atoms with van der Waals surface area (Å²) in [6.07, 6.45) is 10.9. The van der Waals surface area contributed by atoms with Gasteiger partial charge in [0, 0.05) is 5.56 Å². The lowest BCUT2D eigenvalue weighted by molar-refractivity contribution is 0.115. The van der Waals surface area contributed by atoms with Gasteiger partial charge in [0.05, 0.1) is 5.56 Å². The topological polar surface area (TPSA) is 0 Å². The average molecular weight is 475 g/mol. The Kier molecular flexibility index (Phi) is 7.49. The highest BCUT2D eigenvalue weighted by Gasteiger charge is 2.36. The molecule has 0 amide bonds. The fraction of sp³-hybridized carbons (Fsp3) is 0.429. The van der Waals surface area contributed by atoms with E-state index in [1.165, 1.54) is 37.8 Å². The molecule has 4 unspecified atom stereocenters. The van der Waals surface area contributed by atoms with Crippen LogP contribution >= 0.6 is 11.6 Å². The van der Waals surface area contributed by atoms with Gasteiger partial charge in [-0.25, -0.2) is 17.6 Å². The highest BCUT2D eigenvalue weighted by atomic mass is 35.5. The first-order valence-electron chi connectivity index (χ1n) is 11.6. The molecule has 0 heterocycles. The van der Waals surface area contributed by atoms with Crippen molar-refractivity contribution in [1.82, 2.24) is 0 Å². The van der Waals surface area contributed by atoms with Crippen molar-refractivity contribution in [2.45, 2.75) is 57.3 Å². The molecular weight excluding hydrogens is 448 g/mol. The Morgan fingerprint density at radius 3 is 2.15 bits per heavy atom. The largest absolute Gasteiger partial charge is 0.206 e. The summed E-state index contributed by atoms with van der Waals surface area (Å²) in [7, 11) is 0. The van der Waals surface area contributed by atoms with Gasteiger partial charge in [-0.2, -0.15) is 0 Å². The molecule has 2 aliphatic rings. The Hall–Kier alpha value is -2.25. The molecule has 0 aliphatic heterocycles. The lowest BCUT2D eigenvalue weighted by Crippen LogP contribution is -2.30. The number of halogens is 5. The minimum atomic E-state index is -0.970. The van der Waals surface area contributed by atoms with Crippen LogP contribution in [0.4, 0.5) is 17.6 Å². The summed E-state index contributed by atoms with van der Waals surface area (Å²) in [6, 6.07) is 4.62. The fourth-order valence-electron chi connectivity index (χ4n) is 5.62. The number of benzene rings is 2. The summed E-state index contributed by atoms with van der Waals surface area (Å²) in [5.74, 6) is 3.62. The second-order valence-electron chi connectivity index (χ2n) is 9.44. The van der Waals surface area contributed by atoms with E-state index in [-0.39, 0.29) is 11.5 Å². The molecule has 2 aromatic rings. The van der Waals surface area contributed by atoms with Gasteiger partial charge < -0.3 is 0 Å². The van der Waals surface area contributed by atoms with Crippen molar-refractivity contribution in [2.24, 2.45) is 17.8 Å². The quantitative estimate of drug-likeness (QED) is 0.180. The molecule has 33 heavy (non-hydrogen) atoms. The van der Waals surface area contributed by atoms with Gasteiger partial charge in [-0.3, -0.25) is 0 Å². The molecular formula is C28H27ClF4. The SMILES string of the molecule is C=CCCC1CCC2CC(c3cc(F)c(C#Cc4cc(F)c(Cl)c(F)c4)c(F)c3)CCC2C1. The predicted octanol–water partition coefficient (Wildman–Crippen LogP) is 8.56. The van der Waals surface area contributed by atoms with Gasteiger partial charge in [0.15, 0.2) is 0 Å². The second kappa shape index (κ2) is 10.3. The molecule has 0 spiro atoms. The third-order valence-electron chi connectivity index (χ3n) is 7.35. The second-order valence-corrected chi connectivity index (χ2v) is 9.82. The summed E-state index contributed by atoms with van der Waals surface area (Å²) in [5.41, 5.74) is 0.233. The Morgan fingerprint density at radius 1 is 0.848 bits per heavy atom. The van der Waals surface area contributed by atoms with Crippen molar-refractivity contribution in [3.8, 4) is 11.8 Å². The van der Waals surface area contributed by atoms with E-state index in [1.54, 1.807) is 0 Å². The third-order valence-corrected chi connectivity index (χ3v) is 7.71. The van der Waals surface area contributed by atoms with E-state index in [4.69, 9.17) is 11.6 Å². The van der Waals surface area contributed by atoms with Crippen LogP contribution in [0.25, 0.3) is 0 Å². The number of rotatable bonds is 4. The van der Waals surface area contributed by atoms with E-state index < -0.39 is 33.9 Å². The van der Waals surface area contributed by atoms with Crippen LogP contribution in [0.1, 0.15) is 74.0 Å². The van der Waals surface area contributed by atoms with E-state index in [0.29, 0.717) is 17.4 Å². The predicted molar refractivity (Wildman–Crippen MR) is 124 cm³/mol. The van der Waals surface area contributed by atoms with Gasteiger partial charge >= 0.3 is 0 Å². The lowest BCUT2D eigenvalue weighted by Gasteiger charge is -2.42. The minimum absolute atomic E-state index is 0.0423. The monoisotopic (exact) mass is 474 g/mol. The van der Waals surface area contributed by atoms with Crippen molar-refractivity contribution >= 4 is 11.6 Å². The number of fused-ring (bicyclic) bond motifs is 1. The van der Waals surface area contributed by atoms with Gasteiger partial charge in [-0.15, -0.1) is 6.58 Å². The van der Waals surface area contributed by atoms with Crippen LogP contribution in [0, 0.1) is 52.9 Å². The van der Waals surface area contributed by atoms with Crippen LogP contribution in [0.3, 0.4) is 0 Å². The highest BCUT2D eigenvalue weighted by molar-refractivity contribution is 6.30. The van der Waals surface area contributed by atoms with Crippen LogP contribution in [0.2, 0.25) is 5.02 Å². The van der Waals surface area contributed by atoms with Crippen LogP contribution in [-0.4, -0.2) is 0 Å². The molecule has 2 fully saturated rings. The Bertz CT molecular complexity index is 1050. The van der Waals surface area contributed by atoms with Crippen LogP contribution in [0.5, 0.6) is 0 Å². The maximum atomic E-state index is 14.8. The summed E-state index contributed by atoms with van der Waals surface area (Å²) in [4.78, 5) is 0. The molecule has 0 radical (unpaired) electrons. The maximum absolute atomic E-state index is 14.8. The van der Waals surface area contributed by atoms with E-state index >= 15 is 0 Å². The zero-order chi connectivity index (χ0) is 23.5. The van der Waals surface area contributed by atoms with Crippen LogP contribution in [-0.2, 0) is 0 Å². The van der Waals surface area contributed by atoms with Crippen molar-refractivity contribution in [3.05, 3.63) is 81.9 Å². The third kappa shape index (κ3) is 5.46. The number of hydrogen-bond acceptors (Lipinski definition) is 0. The van der Waals surface area contributed by atoms with Gasteiger partial charge in [0.2, 0.25) is 0 Å². The Balaban J connectivity index is 1.47. The van der Waals surface area contributed by atoms with Gasteiger partial charge in [0.1, 0.15) is 28.3 Å². The standard InChI is InChI=1S/C28H27ClF4/c1-2-3-4-17-5-7-20-14-21(9-8-19(20)11-17)22-15-24(30)23(25(31)16-22)10-6-18-12-26(32)28(29)27(33)13-18/h2,12-13,15-17,19-21H,1,3-5,7-9,11,14H2. The fourth-order valence-corrected chi connectivity index (χ4v) is 5.72. The molecule has 2 aliphatic carbocycles. The smallest absolute Gasteiger partial charge is 0.146 e. The molecule has 2 saturated carbocycles. The van der Waals surface area contributed by atoms with Crippen molar-refractivity contribution in [3.63, 3.8) is 0 Å². The normalized spacial score (nSPS) is 24.5. The van der Waals surface area contributed by atoms with E-state index in [1.807, 2.05) is 6.08 Å². The zero-order valence-corrected chi connectivity index (χ0v) is 19.2. The highest BCUT2D eigenvalue weighted by Crippen LogP contribution is 2.48. The first-order chi connectivity index (χ1) is 15.9. The van der Waals surface area contributed by atoms with Crippen LogP contribution in [0.15, 0.2) is 36.9 Å². The zero-order valence-electron chi connectivity index (χ0n) is 18.4. The summed E-state index contributed by atoms with van der Waals surface area (Å²) in [6.45, 7) is 3.82. The molecule has 0 nitrogen and oxygen atoms in total. The summed E-state index contributed by atoms with van der Waals surface area (Å²) < 4.78 is 56.7. The van der Waals surface area contributed by atoms with Crippen molar-refractivity contribution < 1.29 is 17.6 Å². The minimum Gasteiger partial charge on any atom is -0.206 e. The molecule has 2 aromatic carbocycles. The average Bonchev–Trinajstić information content (AvgIpc) is 2.80. The molecule has 0 saturated heterocycles. The molecule has 0 aromatic heterocycles. The molecule has 0 bridgehead atoms. The maximum Gasteiger partial charge on any atom is 0.146 e. The van der Waals surface area contributed by atoms with Crippen molar-refractivity contribution in [1.29, 1.82) is 0 Å².